The number of pyridine rings is 1. The van der Waals surface area contributed by atoms with Gasteiger partial charge in [-0.25, -0.2) is 0 Å². The molecule has 0 radical (unpaired) electrons. The molecule has 5 heterocycles. The van der Waals surface area contributed by atoms with Crippen LogP contribution in [-0.4, -0.2) is 45.5 Å². The summed E-state index contributed by atoms with van der Waals surface area (Å²) >= 11 is 0. The quantitative estimate of drug-likeness (QED) is 0.764. The third-order valence-electron chi connectivity index (χ3n) is 6.57. The summed E-state index contributed by atoms with van der Waals surface area (Å²) < 4.78 is 2.04. The number of carbonyl (C=O) groups excluding carboxylic acids is 1. The van der Waals surface area contributed by atoms with Gasteiger partial charge in [-0.2, -0.15) is 0 Å². The normalized spacial score (nSPS) is 26.5. The minimum absolute atomic E-state index is 0.0479. The Hall–Kier alpha value is -2.66. The van der Waals surface area contributed by atoms with Crippen molar-refractivity contribution in [2.45, 2.75) is 31.3 Å². The number of hydrogen-bond donors (Lipinski definition) is 1. The maximum Gasteiger partial charge on any atom is 0.253 e. The van der Waals surface area contributed by atoms with Crippen LogP contribution in [0.2, 0.25) is 0 Å². The number of aryl methyl sites for hydroxylation is 1. The molecule has 0 spiro atoms. The highest BCUT2D eigenvalue weighted by atomic mass is 16.1. The number of amides is 1. The summed E-state index contributed by atoms with van der Waals surface area (Å²) in [6.45, 7) is 2.27. The molecule has 3 aliphatic heterocycles. The van der Waals surface area contributed by atoms with Gasteiger partial charge in [0, 0.05) is 48.6 Å². The van der Waals surface area contributed by atoms with Crippen molar-refractivity contribution < 1.29 is 4.79 Å². The Kier molecular flexibility index (Phi) is 4.40. The third-order valence-corrected chi connectivity index (χ3v) is 6.57. The smallest absolute Gasteiger partial charge is 0.253 e. The highest BCUT2D eigenvalue weighted by Crippen LogP contribution is 2.34. The van der Waals surface area contributed by atoms with Gasteiger partial charge in [0.15, 0.2) is 0 Å². The Labute approximate surface area is 165 Å². The zero-order valence-corrected chi connectivity index (χ0v) is 16.2. The summed E-state index contributed by atoms with van der Waals surface area (Å²) in [6, 6.07) is 12.8. The molecule has 144 valence electrons. The van der Waals surface area contributed by atoms with E-state index in [-0.39, 0.29) is 11.9 Å². The second-order valence-electron chi connectivity index (χ2n) is 8.18. The number of fused-ring (bicyclic) bond motifs is 4. The van der Waals surface area contributed by atoms with Gasteiger partial charge in [0.1, 0.15) is 0 Å². The van der Waals surface area contributed by atoms with Gasteiger partial charge >= 0.3 is 0 Å². The van der Waals surface area contributed by atoms with Gasteiger partial charge in [0.25, 0.3) is 5.91 Å². The largest absolute Gasteiger partial charge is 0.350 e. The molecule has 28 heavy (non-hydrogen) atoms. The fourth-order valence-corrected chi connectivity index (χ4v) is 5.13. The molecule has 5 nitrogen and oxygen atoms in total. The number of rotatable bonds is 4. The molecule has 2 atom stereocenters. The van der Waals surface area contributed by atoms with Crippen LogP contribution in [0.5, 0.6) is 0 Å². The van der Waals surface area contributed by atoms with Gasteiger partial charge in [-0.05, 0) is 56.0 Å². The lowest BCUT2D eigenvalue weighted by atomic mass is 9.76. The molecule has 5 heteroatoms. The van der Waals surface area contributed by atoms with Crippen molar-refractivity contribution in [2.75, 3.05) is 13.1 Å². The highest BCUT2D eigenvalue weighted by Gasteiger charge is 2.43. The van der Waals surface area contributed by atoms with Gasteiger partial charge in [0.05, 0.1) is 5.56 Å². The molecule has 1 N–H and O–H groups in total. The highest BCUT2D eigenvalue weighted by molar-refractivity contribution is 6.07. The predicted octanol–water partition coefficient (Wildman–Crippen LogP) is 3.01. The fourth-order valence-electron chi connectivity index (χ4n) is 5.13. The van der Waals surface area contributed by atoms with Gasteiger partial charge in [0.2, 0.25) is 0 Å². The average molecular weight is 374 g/mol. The molecule has 2 bridgehead atoms. The summed E-state index contributed by atoms with van der Waals surface area (Å²) in [4.78, 5) is 20.1. The molecule has 0 aliphatic carbocycles. The maximum absolute atomic E-state index is 13.3. The number of hydrogen-bond acceptors (Lipinski definition) is 3. The van der Waals surface area contributed by atoms with Crippen LogP contribution in [0.4, 0.5) is 0 Å². The monoisotopic (exact) mass is 374 g/mol. The Morgan fingerprint density at radius 2 is 2.00 bits per heavy atom. The van der Waals surface area contributed by atoms with E-state index in [1.54, 1.807) is 0 Å². The van der Waals surface area contributed by atoms with Crippen molar-refractivity contribution in [1.82, 2.24) is 19.8 Å². The number of aromatic nitrogens is 2. The van der Waals surface area contributed by atoms with E-state index in [1.165, 1.54) is 18.4 Å². The molecular weight excluding hydrogens is 348 g/mol. The van der Waals surface area contributed by atoms with E-state index in [4.69, 9.17) is 0 Å². The fraction of sp³-hybridized carbons (Fsp3) is 0.391. The van der Waals surface area contributed by atoms with Crippen LogP contribution in [0, 0.1) is 5.92 Å². The molecule has 3 saturated heterocycles. The van der Waals surface area contributed by atoms with Crippen molar-refractivity contribution in [3.8, 4) is 0 Å². The first kappa shape index (κ1) is 17.4. The van der Waals surface area contributed by atoms with Crippen LogP contribution in [0.25, 0.3) is 10.9 Å². The van der Waals surface area contributed by atoms with E-state index in [9.17, 15) is 4.79 Å². The topological polar surface area (TPSA) is 50.2 Å². The summed E-state index contributed by atoms with van der Waals surface area (Å²) in [5.41, 5.74) is 3.10. The Morgan fingerprint density at radius 1 is 1.18 bits per heavy atom. The van der Waals surface area contributed by atoms with Crippen LogP contribution in [0.15, 0.2) is 55.0 Å². The lowest BCUT2D eigenvalue weighted by Gasteiger charge is -2.51. The number of nitrogens with zero attached hydrogens (tertiary/aromatic N) is 3. The van der Waals surface area contributed by atoms with Crippen molar-refractivity contribution in [3.63, 3.8) is 0 Å². The first-order chi connectivity index (χ1) is 13.7. The Bertz CT molecular complexity index is 988. The summed E-state index contributed by atoms with van der Waals surface area (Å²) in [6.07, 6.45) is 9.00. The second kappa shape index (κ2) is 7.06. The summed E-state index contributed by atoms with van der Waals surface area (Å²) in [5, 5.41) is 4.45. The third kappa shape index (κ3) is 3.00. The molecule has 0 saturated carbocycles. The molecular formula is C23H26N4O. The van der Waals surface area contributed by atoms with Crippen molar-refractivity contribution in [2.24, 2.45) is 13.0 Å². The minimum Gasteiger partial charge on any atom is -0.350 e. The summed E-state index contributed by atoms with van der Waals surface area (Å²) in [5.74, 6) is 0.609. The van der Waals surface area contributed by atoms with Gasteiger partial charge < -0.3 is 9.88 Å². The molecule has 2 aromatic heterocycles. The van der Waals surface area contributed by atoms with Crippen LogP contribution in [-0.2, 0) is 13.5 Å². The molecule has 3 fully saturated rings. The second-order valence-corrected chi connectivity index (χ2v) is 8.18. The minimum atomic E-state index is 0.0479. The van der Waals surface area contributed by atoms with E-state index in [1.807, 2.05) is 54.5 Å². The SMILES string of the molecule is Cn1cc(C(=O)NC2C3CCN(CC3)C2Cc2cccnc2)c2ccccc21. The lowest BCUT2D eigenvalue weighted by Crippen LogP contribution is -2.64. The first-order valence-corrected chi connectivity index (χ1v) is 10.2. The number of piperidine rings is 3. The van der Waals surface area contributed by atoms with Crippen molar-refractivity contribution in [3.05, 3.63) is 66.1 Å². The van der Waals surface area contributed by atoms with E-state index >= 15 is 0 Å². The van der Waals surface area contributed by atoms with Gasteiger partial charge in [-0.15, -0.1) is 0 Å². The maximum atomic E-state index is 13.3. The van der Waals surface area contributed by atoms with Gasteiger partial charge in [-0.1, -0.05) is 24.3 Å². The molecule has 6 rings (SSSR count). The molecule has 3 aliphatic rings. The predicted molar refractivity (Wildman–Crippen MR) is 110 cm³/mol. The van der Waals surface area contributed by atoms with Gasteiger partial charge in [-0.3, -0.25) is 14.7 Å². The van der Waals surface area contributed by atoms with Crippen LogP contribution >= 0.6 is 0 Å². The summed E-state index contributed by atoms with van der Waals surface area (Å²) in [7, 11) is 2.00. The standard InChI is InChI=1S/C23H26N4O/c1-26-15-19(18-6-2-3-7-20(18)26)23(28)25-22-17-8-11-27(12-9-17)21(22)13-16-5-4-10-24-14-16/h2-7,10,14-15,17,21-22H,8-9,11-13H2,1H3,(H,25,28). The van der Waals surface area contributed by atoms with Crippen LogP contribution in [0.3, 0.4) is 0 Å². The van der Waals surface area contributed by atoms with E-state index in [0.717, 1.165) is 36.0 Å². The molecule has 3 aromatic rings. The molecule has 2 unspecified atom stereocenters. The first-order valence-electron chi connectivity index (χ1n) is 10.2. The Morgan fingerprint density at radius 3 is 2.79 bits per heavy atom. The molecule has 1 aromatic carbocycles. The number of carbonyl (C=O) groups is 1. The average Bonchev–Trinajstić information content (AvgIpc) is 3.08. The van der Waals surface area contributed by atoms with E-state index < -0.39 is 0 Å². The van der Waals surface area contributed by atoms with Crippen molar-refractivity contribution >= 4 is 16.8 Å². The Balaban J connectivity index is 1.42. The number of nitrogens with one attached hydrogen (secondary N) is 1. The number of para-hydroxylation sites is 1. The zero-order chi connectivity index (χ0) is 19.1. The van der Waals surface area contributed by atoms with Crippen LogP contribution in [0.1, 0.15) is 28.8 Å². The van der Waals surface area contributed by atoms with E-state index in [0.29, 0.717) is 12.0 Å². The molecule has 1 amide bonds. The lowest BCUT2D eigenvalue weighted by molar-refractivity contribution is 0.0136. The van der Waals surface area contributed by atoms with Crippen LogP contribution < -0.4 is 5.32 Å². The number of benzene rings is 1. The zero-order valence-electron chi connectivity index (χ0n) is 16.2. The van der Waals surface area contributed by atoms with Crippen molar-refractivity contribution in [1.29, 1.82) is 0 Å². The van der Waals surface area contributed by atoms with E-state index in [2.05, 4.69) is 27.3 Å².